The minimum atomic E-state index is -0.819. The number of carboxylic acid groups (broad SMARTS) is 1. The molecule has 1 aliphatic heterocycles. The van der Waals surface area contributed by atoms with E-state index in [0.717, 1.165) is 25.7 Å². The highest BCUT2D eigenvalue weighted by Crippen LogP contribution is 2.20. The average Bonchev–Trinajstić information content (AvgIpc) is 2.37. The molecule has 2 N–H and O–H groups in total. The Morgan fingerprint density at radius 1 is 1.37 bits per heavy atom. The Bertz CT molecular complexity index is 320. The average molecular weight is 270 g/mol. The SMILES string of the molecule is CCCC(C)NC(=O)C(C)N1CCCCC1C(=O)O. The predicted octanol–water partition coefficient (Wildman–Crippen LogP) is 1.62. The van der Waals surface area contributed by atoms with E-state index in [0.29, 0.717) is 13.0 Å². The highest BCUT2D eigenvalue weighted by molar-refractivity contribution is 5.83. The van der Waals surface area contributed by atoms with Crippen molar-refractivity contribution in [3.8, 4) is 0 Å². The molecule has 1 aliphatic rings. The first-order chi connectivity index (χ1) is 8.97. The standard InChI is InChI=1S/C14H26N2O3/c1-4-7-10(2)15-13(17)11(3)16-9-6-5-8-12(16)14(18)19/h10-12H,4-9H2,1-3H3,(H,15,17)(H,18,19). The van der Waals surface area contributed by atoms with Crippen LogP contribution in [0.2, 0.25) is 0 Å². The second-order valence-corrected chi connectivity index (χ2v) is 5.46. The molecule has 0 aliphatic carbocycles. The zero-order valence-corrected chi connectivity index (χ0v) is 12.2. The van der Waals surface area contributed by atoms with Crippen LogP contribution in [0.1, 0.15) is 52.9 Å². The van der Waals surface area contributed by atoms with Gasteiger partial charge in [0.1, 0.15) is 6.04 Å². The first-order valence-electron chi connectivity index (χ1n) is 7.26. The molecule has 0 saturated carbocycles. The smallest absolute Gasteiger partial charge is 0.320 e. The summed E-state index contributed by atoms with van der Waals surface area (Å²) in [5.41, 5.74) is 0. The Hall–Kier alpha value is -1.10. The molecule has 1 amide bonds. The molecule has 5 heteroatoms. The van der Waals surface area contributed by atoms with Crippen LogP contribution in [0.15, 0.2) is 0 Å². The van der Waals surface area contributed by atoms with Crippen molar-refractivity contribution in [1.82, 2.24) is 10.2 Å². The molecule has 1 fully saturated rings. The number of hydrogen-bond acceptors (Lipinski definition) is 3. The third kappa shape index (κ3) is 4.49. The number of carbonyl (C=O) groups is 2. The third-order valence-corrected chi connectivity index (χ3v) is 3.82. The maximum Gasteiger partial charge on any atom is 0.320 e. The minimum Gasteiger partial charge on any atom is -0.480 e. The van der Waals surface area contributed by atoms with E-state index in [2.05, 4.69) is 12.2 Å². The second-order valence-electron chi connectivity index (χ2n) is 5.46. The number of amides is 1. The molecular formula is C14H26N2O3. The fourth-order valence-electron chi connectivity index (χ4n) is 2.70. The number of nitrogens with one attached hydrogen (secondary N) is 1. The Morgan fingerprint density at radius 3 is 2.63 bits per heavy atom. The van der Waals surface area contributed by atoms with Crippen molar-refractivity contribution in [2.24, 2.45) is 0 Å². The monoisotopic (exact) mass is 270 g/mol. The van der Waals surface area contributed by atoms with Crippen LogP contribution >= 0.6 is 0 Å². The molecule has 1 rings (SSSR count). The molecule has 0 aromatic carbocycles. The summed E-state index contributed by atoms with van der Waals surface area (Å²) in [6.45, 7) is 6.55. The summed E-state index contributed by atoms with van der Waals surface area (Å²) in [6, 6.07) is -0.746. The van der Waals surface area contributed by atoms with Crippen LogP contribution in [0.5, 0.6) is 0 Å². The van der Waals surface area contributed by atoms with Gasteiger partial charge < -0.3 is 10.4 Å². The molecule has 0 aromatic heterocycles. The number of aliphatic carboxylic acids is 1. The van der Waals surface area contributed by atoms with E-state index in [9.17, 15) is 14.7 Å². The molecule has 5 nitrogen and oxygen atoms in total. The van der Waals surface area contributed by atoms with E-state index in [1.54, 1.807) is 6.92 Å². The van der Waals surface area contributed by atoms with E-state index >= 15 is 0 Å². The van der Waals surface area contributed by atoms with Gasteiger partial charge in [0.25, 0.3) is 0 Å². The normalized spacial score (nSPS) is 23.6. The van der Waals surface area contributed by atoms with Crippen LogP contribution in [0.25, 0.3) is 0 Å². The summed E-state index contributed by atoms with van der Waals surface area (Å²) in [6.07, 6.45) is 4.50. The van der Waals surface area contributed by atoms with Gasteiger partial charge in [-0.2, -0.15) is 0 Å². The van der Waals surface area contributed by atoms with Gasteiger partial charge in [0.05, 0.1) is 6.04 Å². The van der Waals surface area contributed by atoms with Crippen molar-refractivity contribution in [2.75, 3.05) is 6.54 Å². The van der Waals surface area contributed by atoms with Crippen molar-refractivity contribution in [3.63, 3.8) is 0 Å². The molecule has 0 aromatic rings. The largest absolute Gasteiger partial charge is 0.480 e. The van der Waals surface area contributed by atoms with Gasteiger partial charge in [-0.25, -0.2) is 0 Å². The van der Waals surface area contributed by atoms with Gasteiger partial charge in [-0.1, -0.05) is 19.8 Å². The van der Waals surface area contributed by atoms with E-state index in [-0.39, 0.29) is 18.0 Å². The van der Waals surface area contributed by atoms with Crippen molar-refractivity contribution in [2.45, 2.75) is 71.0 Å². The lowest BCUT2D eigenvalue weighted by molar-refractivity contribution is -0.147. The summed E-state index contributed by atoms with van der Waals surface area (Å²) >= 11 is 0. The molecule has 3 unspecified atom stereocenters. The maximum absolute atomic E-state index is 12.1. The van der Waals surface area contributed by atoms with E-state index in [1.807, 2.05) is 11.8 Å². The summed E-state index contributed by atoms with van der Waals surface area (Å²) in [7, 11) is 0. The fraction of sp³-hybridized carbons (Fsp3) is 0.857. The van der Waals surface area contributed by atoms with Crippen LogP contribution < -0.4 is 5.32 Å². The lowest BCUT2D eigenvalue weighted by Gasteiger charge is -2.37. The fourth-order valence-corrected chi connectivity index (χ4v) is 2.70. The maximum atomic E-state index is 12.1. The molecule has 1 saturated heterocycles. The second kappa shape index (κ2) is 7.48. The van der Waals surface area contributed by atoms with Crippen LogP contribution in [-0.2, 0) is 9.59 Å². The Labute approximate surface area is 115 Å². The van der Waals surface area contributed by atoms with Crippen molar-refractivity contribution < 1.29 is 14.7 Å². The van der Waals surface area contributed by atoms with Crippen molar-refractivity contribution in [3.05, 3.63) is 0 Å². The van der Waals surface area contributed by atoms with Crippen LogP contribution in [-0.4, -0.2) is 46.6 Å². The van der Waals surface area contributed by atoms with E-state index in [4.69, 9.17) is 0 Å². The van der Waals surface area contributed by atoms with Gasteiger partial charge >= 0.3 is 5.97 Å². The quantitative estimate of drug-likeness (QED) is 0.769. The predicted molar refractivity (Wildman–Crippen MR) is 74.0 cm³/mol. The lowest BCUT2D eigenvalue weighted by Crippen LogP contribution is -2.55. The molecular weight excluding hydrogens is 244 g/mol. The number of likely N-dealkylation sites (tertiary alicyclic amines) is 1. The Morgan fingerprint density at radius 2 is 2.05 bits per heavy atom. The van der Waals surface area contributed by atoms with Crippen LogP contribution in [0.3, 0.4) is 0 Å². The van der Waals surface area contributed by atoms with E-state index < -0.39 is 12.0 Å². The highest BCUT2D eigenvalue weighted by atomic mass is 16.4. The molecule has 3 atom stereocenters. The minimum absolute atomic E-state index is 0.0610. The first-order valence-corrected chi connectivity index (χ1v) is 7.26. The summed E-state index contributed by atoms with van der Waals surface area (Å²) in [5, 5.41) is 12.2. The molecule has 19 heavy (non-hydrogen) atoms. The highest BCUT2D eigenvalue weighted by Gasteiger charge is 2.34. The summed E-state index contributed by atoms with van der Waals surface area (Å²) < 4.78 is 0. The summed E-state index contributed by atoms with van der Waals surface area (Å²) in [4.78, 5) is 25.2. The molecule has 0 bridgehead atoms. The van der Waals surface area contributed by atoms with Crippen LogP contribution in [0.4, 0.5) is 0 Å². The topological polar surface area (TPSA) is 69.6 Å². The van der Waals surface area contributed by atoms with Crippen LogP contribution in [0, 0.1) is 0 Å². The number of piperidine rings is 1. The molecule has 110 valence electrons. The summed E-state index contributed by atoms with van der Waals surface area (Å²) in [5.74, 6) is -0.880. The van der Waals surface area contributed by atoms with Crippen molar-refractivity contribution in [1.29, 1.82) is 0 Å². The zero-order chi connectivity index (χ0) is 14.4. The molecule has 0 spiro atoms. The number of rotatable bonds is 6. The lowest BCUT2D eigenvalue weighted by atomic mass is 10.00. The van der Waals surface area contributed by atoms with Crippen molar-refractivity contribution >= 4 is 11.9 Å². The number of carboxylic acids is 1. The van der Waals surface area contributed by atoms with Gasteiger partial charge in [-0.3, -0.25) is 14.5 Å². The Kier molecular flexibility index (Phi) is 6.28. The number of hydrogen-bond donors (Lipinski definition) is 2. The molecule has 0 radical (unpaired) electrons. The zero-order valence-electron chi connectivity index (χ0n) is 12.2. The van der Waals surface area contributed by atoms with Gasteiger partial charge in [0, 0.05) is 6.04 Å². The Balaban J connectivity index is 2.60. The van der Waals surface area contributed by atoms with Gasteiger partial charge in [-0.05, 0) is 39.7 Å². The van der Waals surface area contributed by atoms with Gasteiger partial charge in [0.2, 0.25) is 5.91 Å². The molecule has 1 heterocycles. The third-order valence-electron chi connectivity index (χ3n) is 3.82. The first kappa shape index (κ1) is 16.0. The number of nitrogens with zero attached hydrogens (tertiary/aromatic N) is 1. The number of carbonyl (C=O) groups excluding carboxylic acids is 1. The van der Waals surface area contributed by atoms with E-state index in [1.165, 1.54) is 0 Å². The van der Waals surface area contributed by atoms with Gasteiger partial charge in [0.15, 0.2) is 0 Å². The van der Waals surface area contributed by atoms with Gasteiger partial charge in [-0.15, -0.1) is 0 Å².